The van der Waals surface area contributed by atoms with Crippen LogP contribution in [0.15, 0.2) is 48.8 Å². The fraction of sp³-hybridized carbons (Fsp3) is 0.300. The monoisotopic (exact) mass is 388 g/mol. The molecule has 7 heteroatoms. The van der Waals surface area contributed by atoms with E-state index < -0.39 is 15.9 Å². The minimum Gasteiger partial charge on any atom is -0.493 e. The lowest BCUT2D eigenvalue weighted by atomic mass is 10.1. The zero-order valence-electron chi connectivity index (χ0n) is 15.7. The molecule has 6 nitrogen and oxygen atoms in total. The van der Waals surface area contributed by atoms with Crippen LogP contribution in [0.2, 0.25) is 0 Å². The smallest absolute Gasteiger partial charge is 0.161 e. The number of rotatable bonds is 7. The van der Waals surface area contributed by atoms with Gasteiger partial charge in [0.05, 0.1) is 25.5 Å². The molecule has 0 amide bonds. The number of fused-ring (bicyclic) bond motifs is 1. The van der Waals surface area contributed by atoms with Crippen LogP contribution >= 0.6 is 0 Å². The van der Waals surface area contributed by atoms with Crippen molar-refractivity contribution in [2.75, 3.05) is 31.5 Å². The van der Waals surface area contributed by atoms with Crippen LogP contribution in [-0.4, -0.2) is 38.7 Å². The molecule has 27 heavy (non-hydrogen) atoms. The SMILES string of the molecule is CCOc1cc(C(CS(C)(=O)=O)n2cc3cccc(N)c3c2)ccc1OC. The lowest BCUT2D eigenvalue weighted by molar-refractivity contribution is 0.310. The van der Waals surface area contributed by atoms with E-state index in [9.17, 15) is 8.42 Å². The number of anilines is 1. The number of nitrogens with two attached hydrogens (primary N) is 1. The molecular weight excluding hydrogens is 364 g/mol. The maximum absolute atomic E-state index is 12.1. The predicted molar refractivity (Wildman–Crippen MR) is 108 cm³/mol. The molecule has 1 unspecified atom stereocenters. The van der Waals surface area contributed by atoms with Crippen LogP contribution in [0.1, 0.15) is 18.5 Å². The fourth-order valence-corrected chi connectivity index (χ4v) is 4.14. The maximum atomic E-state index is 12.1. The summed E-state index contributed by atoms with van der Waals surface area (Å²) in [5.74, 6) is 1.17. The largest absolute Gasteiger partial charge is 0.493 e. The lowest BCUT2D eigenvalue weighted by Crippen LogP contribution is -2.19. The van der Waals surface area contributed by atoms with Crippen molar-refractivity contribution >= 4 is 26.3 Å². The first-order valence-electron chi connectivity index (χ1n) is 8.66. The van der Waals surface area contributed by atoms with Gasteiger partial charge in [0.25, 0.3) is 0 Å². The highest BCUT2D eigenvalue weighted by Gasteiger charge is 2.21. The third-order valence-electron chi connectivity index (χ3n) is 4.43. The second-order valence-electron chi connectivity index (χ2n) is 6.51. The molecule has 3 aromatic rings. The molecule has 0 fully saturated rings. The lowest BCUT2D eigenvalue weighted by Gasteiger charge is -2.20. The number of ether oxygens (including phenoxy) is 2. The van der Waals surface area contributed by atoms with Gasteiger partial charge in [-0.05, 0) is 30.7 Å². The number of aromatic nitrogens is 1. The number of methoxy groups -OCH3 is 1. The second kappa shape index (κ2) is 7.52. The quantitative estimate of drug-likeness (QED) is 0.628. The minimum atomic E-state index is -3.23. The summed E-state index contributed by atoms with van der Waals surface area (Å²) in [7, 11) is -1.66. The molecule has 0 aliphatic carbocycles. The van der Waals surface area contributed by atoms with Crippen LogP contribution in [0.4, 0.5) is 5.69 Å². The summed E-state index contributed by atoms with van der Waals surface area (Å²) in [6.45, 7) is 2.38. The first kappa shape index (κ1) is 19.1. The van der Waals surface area contributed by atoms with Gasteiger partial charge in [0.1, 0.15) is 9.84 Å². The third kappa shape index (κ3) is 4.19. The maximum Gasteiger partial charge on any atom is 0.161 e. The Hall–Kier alpha value is -2.67. The number of benzene rings is 2. The van der Waals surface area contributed by atoms with E-state index in [1.807, 2.05) is 54.2 Å². The Balaban J connectivity index is 2.13. The molecule has 0 radical (unpaired) electrons. The number of sulfone groups is 1. The normalized spacial score (nSPS) is 12.9. The van der Waals surface area contributed by atoms with Gasteiger partial charge in [-0.1, -0.05) is 18.2 Å². The summed E-state index contributed by atoms with van der Waals surface area (Å²) in [5.41, 5.74) is 7.55. The second-order valence-corrected chi connectivity index (χ2v) is 8.69. The van der Waals surface area contributed by atoms with Crippen LogP contribution < -0.4 is 15.2 Å². The number of nitrogen functional groups attached to an aromatic ring is 1. The van der Waals surface area contributed by atoms with Crippen LogP contribution in [-0.2, 0) is 9.84 Å². The zero-order chi connectivity index (χ0) is 19.6. The molecule has 1 heterocycles. The molecule has 0 bridgehead atoms. The van der Waals surface area contributed by atoms with Crippen molar-refractivity contribution in [2.24, 2.45) is 0 Å². The van der Waals surface area contributed by atoms with Gasteiger partial charge in [-0.15, -0.1) is 0 Å². The molecular formula is C20H24N2O4S. The molecule has 2 aromatic carbocycles. The Kier molecular flexibility index (Phi) is 5.32. The Morgan fingerprint density at radius 1 is 1.15 bits per heavy atom. The van der Waals surface area contributed by atoms with Crippen molar-refractivity contribution in [3.8, 4) is 11.5 Å². The molecule has 0 saturated carbocycles. The standard InChI is InChI=1S/C20H24N2O4S/c1-4-26-20-10-14(8-9-19(20)25-2)18(13-27(3,23)24)22-11-15-6-5-7-17(21)16(15)12-22/h5-12,18H,4,13,21H2,1-3H3. The highest BCUT2D eigenvalue weighted by atomic mass is 32.2. The molecule has 0 aliphatic rings. The molecule has 0 saturated heterocycles. The van der Waals surface area contributed by atoms with E-state index in [-0.39, 0.29) is 5.75 Å². The van der Waals surface area contributed by atoms with Crippen molar-refractivity contribution in [3.05, 3.63) is 54.4 Å². The van der Waals surface area contributed by atoms with Crippen LogP contribution in [0.5, 0.6) is 11.5 Å². The number of hydrogen-bond acceptors (Lipinski definition) is 5. The average molecular weight is 388 g/mol. The summed E-state index contributed by atoms with van der Waals surface area (Å²) in [4.78, 5) is 0. The van der Waals surface area contributed by atoms with Crippen LogP contribution in [0.3, 0.4) is 0 Å². The fourth-order valence-electron chi connectivity index (χ4n) is 3.20. The van der Waals surface area contributed by atoms with E-state index in [1.165, 1.54) is 6.26 Å². The van der Waals surface area contributed by atoms with Gasteiger partial charge in [-0.2, -0.15) is 0 Å². The number of hydrogen-bond donors (Lipinski definition) is 1. The van der Waals surface area contributed by atoms with E-state index in [0.717, 1.165) is 16.3 Å². The Morgan fingerprint density at radius 3 is 2.56 bits per heavy atom. The van der Waals surface area contributed by atoms with Crippen molar-refractivity contribution in [1.29, 1.82) is 0 Å². The van der Waals surface area contributed by atoms with Crippen molar-refractivity contribution < 1.29 is 17.9 Å². The van der Waals surface area contributed by atoms with Gasteiger partial charge >= 0.3 is 0 Å². The minimum absolute atomic E-state index is 0.0359. The highest BCUT2D eigenvalue weighted by Crippen LogP contribution is 2.33. The van der Waals surface area contributed by atoms with Gasteiger partial charge in [-0.3, -0.25) is 0 Å². The van der Waals surface area contributed by atoms with E-state index in [2.05, 4.69) is 0 Å². The molecule has 144 valence electrons. The van der Waals surface area contributed by atoms with E-state index >= 15 is 0 Å². The van der Waals surface area contributed by atoms with Crippen molar-refractivity contribution in [2.45, 2.75) is 13.0 Å². The molecule has 2 N–H and O–H groups in total. The summed E-state index contributed by atoms with van der Waals surface area (Å²) in [6, 6.07) is 10.8. The Morgan fingerprint density at radius 2 is 1.93 bits per heavy atom. The number of nitrogens with zero attached hydrogens (tertiary/aromatic N) is 1. The zero-order valence-corrected chi connectivity index (χ0v) is 16.5. The first-order chi connectivity index (χ1) is 12.8. The summed E-state index contributed by atoms with van der Waals surface area (Å²) < 4.78 is 37.1. The summed E-state index contributed by atoms with van der Waals surface area (Å²) >= 11 is 0. The van der Waals surface area contributed by atoms with Crippen LogP contribution in [0, 0.1) is 0 Å². The predicted octanol–water partition coefficient (Wildman–Crippen LogP) is 3.26. The summed E-state index contributed by atoms with van der Waals surface area (Å²) in [6.07, 6.45) is 5.06. The van der Waals surface area contributed by atoms with E-state index in [1.54, 1.807) is 13.2 Å². The third-order valence-corrected chi connectivity index (χ3v) is 5.35. The molecule has 1 atom stereocenters. The summed E-state index contributed by atoms with van der Waals surface area (Å²) in [5, 5.41) is 1.86. The van der Waals surface area contributed by atoms with Gasteiger partial charge in [0.2, 0.25) is 0 Å². The topological polar surface area (TPSA) is 83.6 Å². The van der Waals surface area contributed by atoms with E-state index in [4.69, 9.17) is 15.2 Å². The van der Waals surface area contributed by atoms with Crippen molar-refractivity contribution in [1.82, 2.24) is 4.57 Å². The van der Waals surface area contributed by atoms with Crippen LogP contribution in [0.25, 0.3) is 10.8 Å². The Bertz CT molecular complexity index is 1060. The molecule has 0 aliphatic heterocycles. The van der Waals surface area contributed by atoms with E-state index in [0.29, 0.717) is 23.8 Å². The average Bonchev–Trinajstić information content (AvgIpc) is 3.05. The van der Waals surface area contributed by atoms with Gasteiger partial charge in [0.15, 0.2) is 11.5 Å². The van der Waals surface area contributed by atoms with Crippen molar-refractivity contribution in [3.63, 3.8) is 0 Å². The van der Waals surface area contributed by atoms with Gasteiger partial charge in [0, 0.05) is 35.1 Å². The highest BCUT2D eigenvalue weighted by molar-refractivity contribution is 7.90. The molecule has 3 rings (SSSR count). The molecule has 0 spiro atoms. The van der Waals surface area contributed by atoms with Gasteiger partial charge in [-0.25, -0.2) is 8.42 Å². The molecule has 1 aromatic heterocycles. The first-order valence-corrected chi connectivity index (χ1v) is 10.7. The van der Waals surface area contributed by atoms with Gasteiger partial charge < -0.3 is 19.8 Å². The Labute approximate surface area is 159 Å².